The van der Waals surface area contributed by atoms with Crippen molar-refractivity contribution in [2.45, 2.75) is 39.7 Å². The van der Waals surface area contributed by atoms with Crippen LogP contribution in [0.25, 0.3) is 0 Å². The zero-order chi connectivity index (χ0) is 19.3. The number of aliphatic imine (C=N–C) groups is 1. The van der Waals surface area contributed by atoms with Crippen molar-refractivity contribution in [3.05, 3.63) is 29.8 Å². The van der Waals surface area contributed by atoms with Gasteiger partial charge in [-0.3, -0.25) is 0 Å². The minimum absolute atomic E-state index is 0.0162. The van der Waals surface area contributed by atoms with Gasteiger partial charge >= 0.3 is 6.03 Å². The number of rotatable bonds is 9. The predicted molar refractivity (Wildman–Crippen MR) is 110 cm³/mol. The van der Waals surface area contributed by atoms with Gasteiger partial charge in [0.1, 0.15) is 0 Å². The first-order valence-electron chi connectivity index (χ1n) is 9.97. The minimum atomic E-state index is -0.0162. The van der Waals surface area contributed by atoms with Crippen LogP contribution >= 0.6 is 0 Å². The van der Waals surface area contributed by atoms with E-state index < -0.39 is 0 Å². The number of urea groups is 1. The Morgan fingerprint density at radius 1 is 1.22 bits per heavy atom. The molecule has 1 aromatic carbocycles. The molecule has 150 valence electrons. The maximum atomic E-state index is 12.2. The number of hydrogen-bond acceptors (Lipinski definition) is 3. The van der Waals surface area contributed by atoms with E-state index in [4.69, 9.17) is 4.74 Å². The molecule has 27 heavy (non-hydrogen) atoms. The lowest BCUT2D eigenvalue weighted by atomic mass is 10.2. The lowest BCUT2D eigenvalue weighted by molar-refractivity contribution is 0.145. The Kier molecular flexibility index (Phi) is 9.48. The van der Waals surface area contributed by atoms with E-state index in [1.807, 2.05) is 43.0 Å². The molecule has 1 aliphatic heterocycles. The summed E-state index contributed by atoms with van der Waals surface area (Å²) in [6.45, 7) is 9.41. The third kappa shape index (κ3) is 7.86. The normalized spacial score (nSPS) is 14.3. The van der Waals surface area contributed by atoms with Crippen molar-refractivity contribution < 1.29 is 9.53 Å². The number of likely N-dealkylation sites (tertiary alicyclic amines) is 1. The van der Waals surface area contributed by atoms with Gasteiger partial charge in [-0.25, -0.2) is 9.79 Å². The molecule has 0 radical (unpaired) electrons. The molecule has 1 fully saturated rings. The maximum absolute atomic E-state index is 12.2. The van der Waals surface area contributed by atoms with Gasteiger partial charge in [0, 0.05) is 45.1 Å². The Hall–Kier alpha value is -2.28. The maximum Gasteiger partial charge on any atom is 0.321 e. The molecule has 0 spiro atoms. The van der Waals surface area contributed by atoms with Gasteiger partial charge in [0.15, 0.2) is 5.96 Å². The van der Waals surface area contributed by atoms with Crippen LogP contribution in [0.15, 0.2) is 29.3 Å². The van der Waals surface area contributed by atoms with Gasteiger partial charge < -0.3 is 25.6 Å². The summed E-state index contributed by atoms with van der Waals surface area (Å²) in [5.74, 6) is 0.792. The van der Waals surface area contributed by atoms with E-state index in [0.29, 0.717) is 6.54 Å². The average molecular weight is 376 g/mol. The van der Waals surface area contributed by atoms with Crippen LogP contribution in [0.5, 0.6) is 0 Å². The van der Waals surface area contributed by atoms with Crippen molar-refractivity contribution in [3.63, 3.8) is 0 Å². The second kappa shape index (κ2) is 12.2. The van der Waals surface area contributed by atoms with Crippen molar-refractivity contribution in [3.8, 4) is 0 Å². The molecule has 0 aliphatic carbocycles. The highest BCUT2D eigenvalue weighted by Gasteiger charge is 2.17. The molecular weight excluding hydrogens is 342 g/mol. The summed E-state index contributed by atoms with van der Waals surface area (Å²) in [5, 5.41) is 9.55. The molecule has 1 aromatic rings. The highest BCUT2D eigenvalue weighted by atomic mass is 16.5. The van der Waals surface area contributed by atoms with Gasteiger partial charge in [0.2, 0.25) is 0 Å². The molecule has 7 heteroatoms. The number of nitrogens with zero attached hydrogens (tertiary/aromatic N) is 2. The fraction of sp³-hybridized carbons (Fsp3) is 0.600. The molecule has 0 bridgehead atoms. The number of carbonyl (C=O) groups is 1. The van der Waals surface area contributed by atoms with E-state index in [0.717, 1.165) is 75.9 Å². The summed E-state index contributed by atoms with van der Waals surface area (Å²) in [6, 6.07) is 7.85. The lowest BCUT2D eigenvalue weighted by Gasteiger charge is -2.16. The van der Waals surface area contributed by atoms with Gasteiger partial charge in [-0.05, 0) is 50.8 Å². The molecule has 7 nitrogen and oxygen atoms in total. The topological polar surface area (TPSA) is 78.0 Å². The summed E-state index contributed by atoms with van der Waals surface area (Å²) in [4.78, 5) is 18.7. The zero-order valence-corrected chi connectivity index (χ0v) is 16.6. The third-order valence-electron chi connectivity index (χ3n) is 4.30. The van der Waals surface area contributed by atoms with E-state index in [-0.39, 0.29) is 6.03 Å². The quantitative estimate of drug-likeness (QED) is 0.352. The SMILES string of the molecule is CCNC(=NCc1cccc(NC(=O)N2CCCC2)c1)NCCCOCC. The first-order valence-corrected chi connectivity index (χ1v) is 9.97. The van der Waals surface area contributed by atoms with Gasteiger partial charge in [-0.1, -0.05) is 12.1 Å². The number of hydrogen-bond donors (Lipinski definition) is 3. The van der Waals surface area contributed by atoms with E-state index in [1.54, 1.807) is 0 Å². The molecule has 3 N–H and O–H groups in total. The summed E-state index contributed by atoms with van der Waals surface area (Å²) in [6.07, 6.45) is 3.12. The fourth-order valence-electron chi connectivity index (χ4n) is 2.91. The number of benzene rings is 1. The first-order chi connectivity index (χ1) is 13.2. The van der Waals surface area contributed by atoms with Crippen LogP contribution in [0.4, 0.5) is 10.5 Å². The molecule has 1 aliphatic rings. The predicted octanol–water partition coefficient (Wildman–Crippen LogP) is 2.80. The number of carbonyl (C=O) groups excluding carboxylic acids is 1. The first kappa shape index (κ1) is 21.0. The van der Waals surface area contributed by atoms with Crippen LogP contribution in [-0.4, -0.2) is 56.3 Å². The Balaban J connectivity index is 1.86. The lowest BCUT2D eigenvalue weighted by Crippen LogP contribution is -2.38. The van der Waals surface area contributed by atoms with E-state index in [1.165, 1.54) is 0 Å². The summed E-state index contributed by atoms with van der Waals surface area (Å²) in [5.41, 5.74) is 1.87. The van der Waals surface area contributed by atoms with Gasteiger partial charge in [0.25, 0.3) is 0 Å². The fourth-order valence-corrected chi connectivity index (χ4v) is 2.91. The average Bonchev–Trinajstić information content (AvgIpc) is 3.21. The summed E-state index contributed by atoms with van der Waals surface area (Å²) < 4.78 is 5.35. The molecule has 0 unspecified atom stereocenters. The summed E-state index contributed by atoms with van der Waals surface area (Å²) >= 11 is 0. The highest BCUT2D eigenvalue weighted by molar-refractivity contribution is 5.89. The van der Waals surface area contributed by atoms with Crippen LogP contribution in [-0.2, 0) is 11.3 Å². The number of guanidine groups is 1. The van der Waals surface area contributed by atoms with Crippen molar-refractivity contribution in [1.29, 1.82) is 0 Å². The Morgan fingerprint density at radius 2 is 2.04 bits per heavy atom. The van der Waals surface area contributed by atoms with E-state index in [9.17, 15) is 4.79 Å². The van der Waals surface area contributed by atoms with Gasteiger partial charge in [0.05, 0.1) is 6.54 Å². The second-order valence-corrected chi connectivity index (χ2v) is 6.50. The molecule has 1 saturated heterocycles. The van der Waals surface area contributed by atoms with Crippen LogP contribution in [0.3, 0.4) is 0 Å². The van der Waals surface area contributed by atoms with E-state index in [2.05, 4.69) is 20.9 Å². The largest absolute Gasteiger partial charge is 0.382 e. The minimum Gasteiger partial charge on any atom is -0.382 e. The second-order valence-electron chi connectivity index (χ2n) is 6.50. The van der Waals surface area contributed by atoms with Gasteiger partial charge in [-0.2, -0.15) is 0 Å². The Bertz CT molecular complexity index is 600. The van der Waals surface area contributed by atoms with Crippen LogP contribution < -0.4 is 16.0 Å². The van der Waals surface area contributed by atoms with Crippen LogP contribution in [0.1, 0.15) is 38.7 Å². The Morgan fingerprint density at radius 3 is 2.78 bits per heavy atom. The molecule has 2 rings (SSSR count). The van der Waals surface area contributed by atoms with Crippen LogP contribution in [0.2, 0.25) is 0 Å². The molecular formula is C20H33N5O2. The van der Waals surface area contributed by atoms with E-state index >= 15 is 0 Å². The highest BCUT2D eigenvalue weighted by Crippen LogP contribution is 2.14. The Labute approximate surface area is 162 Å². The number of ether oxygens (including phenoxy) is 1. The molecule has 1 heterocycles. The van der Waals surface area contributed by atoms with Crippen LogP contribution in [0, 0.1) is 0 Å². The standard InChI is InChI=1S/C20H33N5O2/c1-3-21-19(22-11-8-14-27-4-2)23-16-17-9-7-10-18(15-17)24-20(26)25-12-5-6-13-25/h7,9-10,15H,3-6,8,11-14,16H2,1-2H3,(H,24,26)(H2,21,22,23). The molecule has 0 saturated carbocycles. The van der Waals surface area contributed by atoms with Crippen molar-refractivity contribution >= 4 is 17.7 Å². The zero-order valence-electron chi connectivity index (χ0n) is 16.6. The molecule has 0 atom stereocenters. The monoisotopic (exact) mass is 375 g/mol. The molecule has 2 amide bonds. The smallest absolute Gasteiger partial charge is 0.321 e. The summed E-state index contributed by atoms with van der Waals surface area (Å²) in [7, 11) is 0. The molecule has 0 aromatic heterocycles. The number of amides is 2. The van der Waals surface area contributed by atoms with Gasteiger partial charge in [-0.15, -0.1) is 0 Å². The number of anilines is 1. The van der Waals surface area contributed by atoms with Crippen molar-refractivity contribution in [1.82, 2.24) is 15.5 Å². The number of nitrogens with one attached hydrogen (secondary N) is 3. The van der Waals surface area contributed by atoms with Crippen molar-refractivity contribution in [2.24, 2.45) is 4.99 Å². The third-order valence-corrected chi connectivity index (χ3v) is 4.30. The van der Waals surface area contributed by atoms with Crippen molar-refractivity contribution in [2.75, 3.05) is 44.7 Å².